The SMILES string of the molecule is C/C=C\C(S)=C/C.C=C.C=C/C=C/C(C)=C\C=C/CC(CC(=C)C)c1cccc(C)c1.CC. The molecule has 0 radical (unpaired) electrons. The first kappa shape index (κ1) is 35.1. The Hall–Kier alpha value is -2.51. The quantitative estimate of drug-likeness (QED) is 0.210. The van der Waals surface area contributed by atoms with Gasteiger partial charge in [0.05, 0.1) is 0 Å². The molecule has 1 aromatic rings. The molecule has 0 saturated carbocycles. The fraction of sp³-hybridized carbons (Fsp3) is 0.312. The third kappa shape index (κ3) is 22.5. The minimum absolute atomic E-state index is 0.506. The van der Waals surface area contributed by atoms with Crippen LogP contribution in [0.25, 0.3) is 0 Å². The summed E-state index contributed by atoms with van der Waals surface area (Å²) in [5, 5.41) is 0. The summed E-state index contributed by atoms with van der Waals surface area (Å²) in [6.45, 7) is 28.0. The highest BCUT2D eigenvalue weighted by Crippen LogP contribution is 2.27. The van der Waals surface area contributed by atoms with Crippen molar-refractivity contribution < 1.29 is 0 Å². The molecule has 0 aliphatic heterocycles. The standard InChI is InChI=1S/C22H28.C6H10S.C2H6.C2H4/c1-6-7-11-19(4)12-8-9-14-21(16-18(2)3)22-15-10-13-20(5)17-22;1-3-5-6(7)4-2;2*1-2/h6-13,15,17,21H,1-2,14,16H2,3-5H3;3-5,7H,1-2H3;1-2H3;1-2H2/b9-8-,11-7+,19-12-;5-3-,6-4+;;. The van der Waals surface area contributed by atoms with Gasteiger partial charge < -0.3 is 0 Å². The van der Waals surface area contributed by atoms with Crippen molar-refractivity contribution in [2.24, 2.45) is 0 Å². The van der Waals surface area contributed by atoms with Gasteiger partial charge >= 0.3 is 0 Å². The number of thiol groups is 1. The second kappa shape index (κ2) is 25.7. The van der Waals surface area contributed by atoms with E-state index >= 15 is 0 Å². The molecule has 0 saturated heterocycles. The zero-order chi connectivity index (χ0) is 26.1. The van der Waals surface area contributed by atoms with Gasteiger partial charge in [-0.2, -0.15) is 0 Å². The highest BCUT2D eigenvalue weighted by atomic mass is 32.1. The predicted molar refractivity (Wildman–Crippen MR) is 160 cm³/mol. The van der Waals surface area contributed by atoms with E-state index < -0.39 is 0 Å². The molecule has 0 aliphatic carbocycles. The molecule has 1 atom stereocenters. The van der Waals surface area contributed by atoms with Crippen molar-refractivity contribution in [3.8, 4) is 0 Å². The zero-order valence-corrected chi connectivity index (χ0v) is 23.2. The Balaban J connectivity index is -0.000000689. The Morgan fingerprint density at radius 1 is 1.06 bits per heavy atom. The van der Waals surface area contributed by atoms with Crippen molar-refractivity contribution in [3.05, 3.63) is 132 Å². The molecule has 0 aliphatic rings. The van der Waals surface area contributed by atoms with Crippen LogP contribution in [-0.4, -0.2) is 0 Å². The van der Waals surface area contributed by atoms with E-state index in [9.17, 15) is 0 Å². The topological polar surface area (TPSA) is 0 Å². The minimum Gasteiger partial charge on any atom is -0.144 e. The molecule has 0 fully saturated rings. The second-order valence-electron chi connectivity index (χ2n) is 7.16. The van der Waals surface area contributed by atoms with E-state index in [0.717, 1.165) is 17.7 Å². The summed E-state index contributed by atoms with van der Waals surface area (Å²) in [4.78, 5) is 1.02. The van der Waals surface area contributed by atoms with Crippen LogP contribution in [-0.2, 0) is 0 Å². The summed E-state index contributed by atoms with van der Waals surface area (Å²) in [6.07, 6.45) is 20.3. The van der Waals surface area contributed by atoms with Crippen LogP contribution in [0.1, 0.15) is 71.4 Å². The number of allylic oxidation sites excluding steroid dienone is 11. The lowest BCUT2D eigenvalue weighted by molar-refractivity contribution is 0.691. The number of aryl methyl sites for hydroxylation is 1. The third-order valence-corrected chi connectivity index (χ3v) is 4.56. The Kier molecular flexibility index (Phi) is 27.4. The van der Waals surface area contributed by atoms with Gasteiger partial charge in [0.2, 0.25) is 0 Å². The number of rotatable bonds is 9. The van der Waals surface area contributed by atoms with Crippen LogP contribution in [0.5, 0.6) is 0 Å². The summed E-state index contributed by atoms with van der Waals surface area (Å²) in [5.41, 5.74) is 5.18. The van der Waals surface area contributed by atoms with Crippen molar-refractivity contribution in [1.29, 1.82) is 0 Å². The van der Waals surface area contributed by atoms with Crippen molar-refractivity contribution in [2.45, 2.75) is 67.2 Å². The van der Waals surface area contributed by atoms with E-state index in [-0.39, 0.29) is 0 Å². The van der Waals surface area contributed by atoms with Crippen molar-refractivity contribution in [1.82, 2.24) is 0 Å². The number of benzene rings is 1. The Morgan fingerprint density at radius 3 is 2.15 bits per heavy atom. The van der Waals surface area contributed by atoms with Crippen molar-refractivity contribution in [3.63, 3.8) is 0 Å². The largest absolute Gasteiger partial charge is 0.144 e. The maximum atomic E-state index is 4.08. The highest BCUT2D eigenvalue weighted by Gasteiger charge is 2.10. The summed E-state index contributed by atoms with van der Waals surface area (Å²) in [5.74, 6) is 0.506. The predicted octanol–water partition coefficient (Wildman–Crippen LogP) is 10.9. The van der Waals surface area contributed by atoms with Crippen LogP contribution in [0.2, 0.25) is 0 Å². The first-order valence-electron chi connectivity index (χ1n) is 11.6. The van der Waals surface area contributed by atoms with E-state index in [1.807, 2.05) is 52.0 Å². The lowest BCUT2D eigenvalue weighted by Gasteiger charge is -2.16. The van der Waals surface area contributed by atoms with E-state index in [4.69, 9.17) is 0 Å². The summed E-state index contributed by atoms with van der Waals surface area (Å²) < 4.78 is 0. The second-order valence-corrected chi connectivity index (χ2v) is 7.67. The smallest absolute Gasteiger partial charge is 0.000606 e. The highest BCUT2D eigenvalue weighted by molar-refractivity contribution is 7.84. The molecule has 0 aromatic heterocycles. The van der Waals surface area contributed by atoms with Crippen LogP contribution < -0.4 is 0 Å². The lowest BCUT2D eigenvalue weighted by Crippen LogP contribution is -1.98. The fourth-order valence-corrected chi connectivity index (χ4v) is 2.84. The molecule has 1 aromatic carbocycles. The van der Waals surface area contributed by atoms with Crippen LogP contribution in [0.4, 0.5) is 0 Å². The van der Waals surface area contributed by atoms with Crippen LogP contribution in [0, 0.1) is 6.92 Å². The molecule has 0 bridgehead atoms. The molecule has 0 spiro atoms. The Morgan fingerprint density at radius 2 is 1.70 bits per heavy atom. The van der Waals surface area contributed by atoms with Gasteiger partial charge in [-0.3, -0.25) is 0 Å². The van der Waals surface area contributed by atoms with E-state index in [1.165, 1.54) is 22.3 Å². The summed E-state index contributed by atoms with van der Waals surface area (Å²) in [6, 6.07) is 8.80. The van der Waals surface area contributed by atoms with E-state index in [1.54, 1.807) is 6.08 Å². The van der Waals surface area contributed by atoms with Crippen molar-refractivity contribution in [2.75, 3.05) is 0 Å². The van der Waals surface area contributed by atoms with Gasteiger partial charge in [-0.15, -0.1) is 32.4 Å². The maximum absolute atomic E-state index is 4.08. The molecule has 33 heavy (non-hydrogen) atoms. The van der Waals surface area contributed by atoms with Crippen molar-refractivity contribution >= 4 is 12.6 Å². The normalized spacial score (nSPS) is 12.2. The average molecular weight is 465 g/mol. The van der Waals surface area contributed by atoms with Gasteiger partial charge in [-0.05, 0) is 63.8 Å². The first-order valence-corrected chi connectivity index (χ1v) is 12.1. The summed E-state index contributed by atoms with van der Waals surface area (Å²) >= 11 is 4.08. The molecular formula is C32H48S. The molecule has 182 valence electrons. The van der Waals surface area contributed by atoms with Gasteiger partial charge in [0.1, 0.15) is 0 Å². The Bertz CT molecular complexity index is 784. The van der Waals surface area contributed by atoms with Gasteiger partial charge in [0.15, 0.2) is 0 Å². The average Bonchev–Trinajstić information content (AvgIpc) is 2.82. The molecule has 1 heteroatoms. The Labute approximate surface area is 212 Å². The molecular weight excluding hydrogens is 416 g/mol. The van der Waals surface area contributed by atoms with E-state index in [0.29, 0.717) is 5.92 Å². The van der Waals surface area contributed by atoms with Gasteiger partial charge in [-0.25, -0.2) is 0 Å². The van der Waals surface area contributed by atoms with Crippen LogP contribution >= 0.6 is 12.6 Å². The minimum atomic E-state index is 0.506. The molecule has 1 unspecified atom stereocenters. The fourth-order valence-electron chi connectivity index (χ4n) is 2.69. The summed E-state index contributed by atoms with van der Waals surface area (Å²) in [7, 11) is 0. The monoisotopic (exact) mass is 464 g/mol. The molecule has 0 amide bonds. The number of hydrogen-bond donors (Lipinski definition) is 1. The van der Waals surface area contributed by atoms with Crippen LogP contribution in [0.3, 0.4) is 0 Å². The lowest BCUT2D eigenvalue weighted by atomic mass is 9.89. The zero-order valence-electron chi connectivity index (χ0n) is 22.3. The van der Waals surface area contributed by atoms with Crippen LogP contribution in [0.15, 0.2) is 121 Å². The molecule has 1 rings (SSSR count). The third-order valence-electron chi connectivity index (χ3n) is 4.15. The molecule has 0 N–H and O–H groups in total. The first-order chi connectivity index (χ1) is 15.8. The van der Waals surface area contributed by atoms with Gasteiger partial charge in [0, 0.05) is 0 Å². The molecule has 0 nitrogen and oxygen atoms in total. The number of hydrogen-bond acceptors (Lipinski definition) is 1. The van der Waals surface area contributed by atoms with Gasteiger partial charge in [0.25, 0.3) is 0 Å². The molecule has 0 heterocycles. The maximum Gasteiger partial charge on any atom is -0.000606 e. The van der Waals surface area contributed by atoms with E-state index in [2.05, 4.69) is 108 Å². The van der Waals surface area contributed by atoms with Gasteiger partial charge in [-0.1, -0.05) is 116 Å².